The number of nitrogens with two attached hydrogens (primary N) is 1. The highest BCUT2D eigenvalue weighted by Crippen LogP contribution is 2.06. The van der Waals surface area contributed by atoms with Gasteiger partial charge < -0.3 is 15.7 Å². The quantitative estimate of drug-likeness (QED) is 0.329. The molecule has 0 radical (unpaired) electrons. The summed E-state index contributed by atoms with van der Waals surface area (Å²) in [6, 6.07) is 7.40. The Morgan fingerprint density at radius 1 is 1.57 bits per heavy atom. The van der Waals surface area contributed by atoms with Crippen LogP contribution in [0.5, 0.6) is 0 Å². The van der Waals surface area contributed by atoms with Crippen molar-refractivity contribution in [3.05, 3.63) is 35.4 Å². The molecule has 0 atom stereocenters. The molecular weight excluding hydrogens is 180 g/mol. The van der Waals surface area contributed by atoms with Gasteiger partial charge >= 0.3 is 0 Å². The van der Waals surface area contributed by atoms with Crippen LogP contribution in [0.3, 0.4) is 0 Å². The minimum atomic E-state index is 0.114. The molecule has 0 aromatic heterocycles. The van der Waals surface area contributed by atoms with Crippen LogP contribution in [0.2, 0.25) is 0 Å². The van der Waals surface area contributed by atoms with Gasteiger partial charge in [0, 0.05) is 12.2 Å². The van der Waals surface area contributed by atoms with Crippen LogP contribution in [-0.4, -0.2) is 17.6 Å². The lowest BCUT2D eigenvalue weighted by molar-refractivity contribution is 0.134. The van der Waals surface area contributed by atoms with Gasteiger partial charge in [0.2, 0.25) is 0 Å². The summed E-state index contributed by atoms with van der Waals surface area (Å²) in [5.74, 6) is 0.114. The summed E-state index contributed by atoms with van der Waals surface area (Å²) in [5.41, 5.74) is 7.16. The third kappa shape index (κ3) is 2.74. The summed E-state index contributed by atoms with van der Waals surface area (Å²) in [7, 11) is 0. The maximum atomic E-state index is 8.49. The number of hydrogen-bond donors (Lipinski definition) is 2. The standard InChI is InChI=1S/C10H14N2O2/c1-2-14-7-8-4-3-5-9(6-8)10(11)12-13/h3-6,13H,2,7H2,1H3,(H2,11,12). The van der Waals surface area contributed by atoms with Crippen LogP contribution in [0.1, 0.15) is 18.1 Å². The Balaban J connectivity index is 2.79. The number of ether oxygens (including phenoxy) is 1. The number of oxime groups is 1. The van der Waals surface area contributed by atoms with E-state index in [9.17, 15) is 0 Å². The lowest BCUT2D eigenvalue weighted by Gasteiger charge is -2.03. The highest BCUT2D eigenvalue weighted by molar-refractivity contribution is 5.97. The van der Waals surface area contributed by atoms with E-state index < -0.39 is 0 Å². The van der Waals surface area contributed by atoms with E-state index in [0.717, 1.165) is 5.56 Å². The van der Waals surface area contributed by atoms with E-state index in [2.05, 4.69) is 5.16 Å². The largest absolute Gasteiger partial charge is 0.409 e. The Hall–Kier alpha value is -1.55. The number of nitrogens with zero attached hydrogens (tertiary/aromatic N) is 1. The minimum absolute atomic E-state index is 0.114. The maximum Gasteiger partial charge on any atom is 0.170 e. The van der Waals surface area contributed by atoms with Crippen LogP contribution in [0.25, 0.3) is 0 Å². The minimum Gasteiger partial charge on any atom is -0.409 e. The molecule has 4 nitrogen and oxygen atoms in total. The molecule has 0 heterocycles. The van der Waals surface area contributed by atoms with E-state index in [0.29, 0.717) is 18.8 Å². The summed E-state index contributed by atoms with van der Waals surface area (Å²) < 4.78 is 5.24. The molecule has 3 N–H and O–H groups in total. The van der Waals surface area contributed by atoms with Crippen LogP contribution < -0.4 is 5.73 Å². The first-order valence-corrected chi connectivity index (χ1v) is 4.42. The first-order valence-electron chi connectivity index (χ1n) is 4.42. The molecule has 0 spiro atoms. The van der Waals surface area contributed by atoms with Crippen molar-refractivity contribution in [1.29, 1.82) is 0 Å². The number of hydrogen-bond acceptors (Lipinski definition) is 3. The van der Waals surface area contributed by atoms with Crippen LogP contribution in [-0.2, 0) is 11.3 Å². The molecule has 0 saturated heterocycles. The zero-order valence-electron chi connectivity index (χ0n) is 8.10. The predicted octanol–water partition coefficient (Wildman–Crippen LogP) is 1.32. The topological polar surface area (TPSA) is 67.8 Å². The van der Waals surface area contributed by atoms with Gasteiger partial charge in [-0.15, -0.1) is 0 Å². The van der Waals surface area contributed by atoms with Crippen molar-refractivity contribution < 1.29 is 9.94 Å². The number of amidine groups is 1. The lowest BCUT2D eigenvalue weighted by Crippen LogP contribution is -2.13. The average Bonchev–Trinajstić information content (AvgIpc) is 2.25. The number of benzene rings is 1. The molecule has 0 saturated carbocycles. The monoisotopic (exact) mass is 194 g/mol. The summed E-state index contributed by atoms with van der Waals surface area (Å²) in [4.78, 5) is 0. The van der Waals surface area contributed by atoms with Crippen molar-refractivity contribution in [2.75, 3.05) is 6.61 Å². The summed E-state index contributed by atoms with van der Waals surface area (Å²) >= 11 is 0. The van der Waals surface area contributed by atoms with Gasteiger partial charge in [0.25, 0.3) is 0 Å². The van der Waals surface area contributed by atoms with Gasteiger partial charge in [-0.05, 0) is 18.6 Å². The molecule has 1 aromatic carbocycles. The molecule has 0 amide bonds. The molecule has 0 bridgehead atoms. The van der Waals surface area contributed by atoms with Gasteiger partial charge in [-0.1, -0.05) is 23.4 Å². The van der Waals surface area contributed by atoms with Gasteiger partial charge in [-0.2, -0.15) is 0 Å². The fourth-order valence-corrected chi connectivity index (χ4v) is 1.10. The van der Waals surface area contributed by atoms with Crippen molar-refractivity contribution in [1.82, 2.24) is 0 Å². The third-order valence-electron chi connectivity index (χ3n) is 1.80. The van der Waals surface area contributed by atoms with Crippen LogP contribution >= 0.6 is 0 Å². The predicted molar refractivity (Wildman–Crippen MR) is 54.3 cm³/mol. The Kier molecular flexibility index (Phi) is 3.94. The van der Waals surface area contributed by atoms with E-state index in [-0.39, 0.29) is 5.84 Å². The van der Waals surface area contributed by atoms with E-state index in [1.165, 1.54) is 0 Å². The first kappa shape index (κ1) is 10.5. The van der Waals surface area contributed by atoms with Gasteiger partial charge in [-0.3, -0.25) is 0 Å². The van der Waals surface area contributed by atoms with Crippen molar-refractivity contribution in [2.45, 2.75) is 13.5 Å². The Morgan fingerprint density at radius 3 is 3.00 bits per heavy atom. The molecule has 1 rings (SSSR count). The number of rotatable bonds is 4. The van der Waals surface area contributed by atoms with Crippen LogP contribution in [0.4, 0.5) is 0 Å². The molecule has 0 aliphatic rings. The van der Waals surface area contributed by atoms with Crippen molar-refractivity contribution in [3.8, 4) is 0 Å². The van der Waals surface area contributed by atoms with Crippen LogP contribution in [0.15, 0.2) is 29.4 Å². The van der Waals surface area contributed by atoms with Crippen LogP contribution in [0, 0.1) is 0 Å². The van der Waals surface area contributed by atoms with Gasteiger partial charge in [-0.25, -0.2) is 0 Å². The summed E-state index contributed by atoms with van der Waals surface area (Å²) in [5, 5.41) is 11.4. The Morgan fingerprint density at radius 2 is 2.36 bits per heavy atom. The molecule has 0 unspecified atom stereocenters. The van der Waals surface area contributed by atoms with E-state index in [1.807, 2.05) is 25.1 Å². The van der Waals surface area contributed by atoms with Crippen molar-refractivity contribution in [2.24, 2.45) is 10.9 Å². The average molecular weight is 194 g/mol. The fraction of sp³-hybridized carbons (Fsp3) is 0.300. The highest BCUT2D eigenvalue weighted by Gasteiger charge is 1.99. The second-order valence-electron chi connectivity index (χ2n) is 2.82. The van der Waals surface area contributed by atoms with Gasteiger partial charge in [0.15, 0.2) is 5.84 Å². The first-order chi connectivity index (χ1) is 6.77. The smallest absolute Gasteiger partial charge is 0.170 e. The van der Waals surface area contributed by atoms with Gasteiger partial charge in [0.1, 0.15) is 0 Å². The zero-order valence-corrected chi connectivity index (χ0v) is 8.10. The van der Waals surface area contributed by atoms with Gasteiger partial charge in [0.05, 0.1) is 6.61 Å². The summed E-state index contributed by atoms with van der Waals surface area (Å²) in [6.07, 6.45) is 0. The Bertz CT molecular complexity index is 324. The molecule has 0 fully saturated rings. The van der Waals surface area contributed by atoms with Crippen molar-refractivity contribution >= 4 is 5.84 Å². The fourth-order valence-electron chi connectivity index (χ4n) is 1.10. The zero-order chi connectivity index (χ0) is 10.4. The molecular formula is C10H14N2O2. The van der Waals surface area contributed by atoms with E-state index >= 15 is 0 Å². The van der Waals surface area contributed by atoms with Crippen molar-refractivity contribution in [3.63, 3.8) is 0 Å². The molecule has 0 aliphatic carbocycles. The SMILES string of the molecule is CCOCc1cccc(/C(N)=N/O)c1. The highest BCUT2D eigenvalue weighted by atomic mass is 16.5. The maximum absolute atomic E-state index is 8.49. The Labute approximate surface area is 83.0 Å². The lowest BCUT2D eigenvalue weighted by atomic mass is 10.1. The normalized spacial score (nSPS) is 11.6. The van der Waals surface area contributed by atoms with E-state index in [1.54, 1.807) is 6.07 Å². The summed E-state index contributed by atoms with van der Waals surface area (Å²) in [6.45, 7) is 3.16. The third-order valence-corrected chi connectivity index (χ3v) is 1.80. The second-order valence-corrected chi connectivity index (χ2v) is 2.82. The molecule has 1 aromatic rings. The molecule has 0 aliphatic heterocycles. The molecule has 76 valence electrons. The molecule has 14 heavy (non-hydrogen) atoms. The van der Waals surface area contributed by atoms with E-state index in [4.69, 9.17) is 15.7 Å². The second kappa shape index (κ2) is 5.24. The molecule has 4 heteroatoms.